The van der Waals surface area contributed by atoms with Gasteiger partial charge in [0.25, 0.3) is 0 Å². The third-order valence-corrected chi connectivity index (χ3v) is 3.64. The lowest BCUT2D eigenvalue weighted by molar-refractivity contribution is 0.452. The van der Waals surface area contributed by atoms with E-state index in [-0.39, 0.29) is 7.69 Å². The van der Waals surface area contributed by atoms with Gasteiger partial charge in [0.15, 0.2) is 0 Å². The SMILES string of the molecule is OBOc1cc2c(ccc3ccccc32)cc1Br. The van der Waals surface area contributed by atoms with Crippen molar-refractivity contribution < 1.29 is 9.68 Å². The molecule has 3 rings (SSSR count). The van der Waals surface area contributed by atoms with Crippen LogP contribution in [0.25, 0.3) is 21.5 Å². The van der Waals surface area contributed by atoms with Gasteiger partial charge < -0.3 is 9.68 Å². The highest BCUT2D eigenvalue weighted by atomic mass is 79.9. The van der Waals surface area contributed by atoms with Crippen LogP contribution in [-0.2, 0) is 0 Å². The first-order valence-corrected chi connectivity index (χ1v) is 6.43. The normalized spacial score (nSPS) is 10.8. The van der Waals surface area contributed by atoms with Crippen LogP contribution in [0.4, 0.5) is 0 Å². The molecule has 0 amide bonds. The number of hydrogen-bond acceptors (Lipinski definition) is 2. The lowest BCUT2D eigenvalue weighted by Gasteiger charge is -2.09. The predicted molar refractivity (Wildman–Crippen MR) is 79.1 cm³/mol. The van der Waals surface area contributed by atoms with E-state index in [2.05, 4.69) is 40.2 Å². The molecular formula is C14H10BBrO2. The maximum Gasteiger partial charge on any atom is 0.504 e. The van der Waals surface area contributed by atoms with E-state index >= 15 is 0 Å². The van der Waals surface area contributed by atoms with E-state index in [9.17, 15) is 0 Å². The molecule has 18 heavy (non-hydrogen) atoms. The first-order chi connectivity index (χ1) is 8.79. The summed E-state index contributed by atoms with van der Waals surface area (Å²) in [5.41, 5.74) is 0. The lowest BCUT2D eigenvalue weighted by Crippen LogP contribution is -2.00. The number of benzene rings is 3. The van der Waals surface area contributed by atoms with Crippen LogP contribution in [0.5, 0.6) is 5.75 Å². The van der Waals surface area contributed by atoms with Crippen molar-refractivity contribution in [1.82, 2.24) is 0 Å². The van der Waals surface area contributed by atoms with Gasteiger partial charge in [-0.15, -0.1) is 0 Å². The molecule has 0 saturated carbocycles. The molecule has 0 bridgehead atoms. The van der Waals surface area contributed by atoms with Gasteiger partial charge in [0.1, 0.15) is 5.75 Å². The van der Waals surface area contributed by atoms with Gasteiger partial charge >= 0.3 is 7.69 Å². The Kier molecular flexibility index (Phi) is 2.98. The summed E-state index contributed by atoms with van der Waals surface area (Å²) in [7, 11) is -0.325. The molecule has 0 atom stereocenters. The van der Waals surface area contributed by atoms with Gasteiger partial charge in [-0.05, 0) is 49.6 Å². The van der Waals surface area contributed by atoms with E-state index < -0.39 is 0 Å². The molecule has 0 aromatic heterocycles. The van der Waals surface area contributed by atoms with Crippen LogP contribution in [0.15, 0.2) is 53.0 Å². The Labute approximate surface area is 114 Å². The molecule has 0 spiro atoms. The highest BCUT2D eigenvalue weighted by molar-refractivity contribution is 9.10. The number of halogens is 1. The van der Waals surface area contributed by atoms with Gasteiger partial charge in [-0.2, -0.15) is 0 Å². The summed E-state index contributed by atoms with van der Waals surface area (Å²) in [5.74, 6) is 0.654. The summed E-state index contributed by atoms with van der Waals surface area (Å²) < 4.78 is 6.05. The first kappa shape index (κ1) is 11.6. The van der Waals surface area contributed by atoms with E-state index in [1.165, 1.54) is 10.8 Å². The van der Waals surface area contributed by atoms with Gasteiger partial charge in [0.2, 0.25) is 0 Å². The molecule has 1 N–H and O–H groups in total. The second-order valence-corrected chi connectivity index (χ2v) is 4.92. The Morgan fingerprint density at radius 3 is 2.56 bits per heavy atom. The van der Waals surface area contributed by atoms with Crippen molar-refractivity contribution in [3.05, 3.63) is 53.0 Å². The molecule has 0 heterocycles. The Morgan fingerprint density at radius 2 is 1.72 bits per heavy atom. The van der Waals surface area contributed by atoms with Crippen molar-refractivity contribution in [3.63, 3.8) is 0 Å². The van der Waals surface area contributed by atoms with Crippen molar-refractivity contribution in [2.24, 2.45) is 0 Å². The Balaban J connectivity index is 2.37. The third kappa shape index (κ3) is 1.87. The monoisotopic (exact) mass is 300 g/mol. The molecule has 2 nitrogen and oxygen atoms in total. The summed E-state index contributed by atoms with van der Waals surface area (Å²) in [6.45, 7) is 0. The van der Waals surface area contributed by atoms with Crippen LogP contribution in [0, 0.1) is 0 Å². The average Bonchev–Trinajstić information content (AvgIpc) is 2.40. The van der Waals surface area contributed by atoms with Crippen LogP contribution in [0.2, 0.25) is 0 Å². The van der Waals surface area contributed by atoms with Crippen LogP contribution < -0.4 is 4.65 Å². The van der Waals surface area contributed by atoms with Crippen LogP contribution in [0.1, 0.15) is 0 Å². The second kappa shape index (κ2) is 4.63. The summed E-state index contributed by atoms with van der Waals surface area (Å²) in [6, 6.07) is 16.4. The van der Waals surface area contributed by atoms with Crippen LogP contribution >= 0.6 is 15.9 Å². The molecule has 0 fully saturated rings. The third-order valence-electron chi connectivity index (χ3n) is 3.02. The fraction of sp³-hybridized carbons (Fsp3) is 0. The predicted octanol–water partition coefficient (Wildman–Crippen LogP) is 3.39. The molecule has 3 aromatic carbocycles. The van der Waals surface area contributed by atoms with Crippen molar-refractivity contribution in [2.75, 3.05) is 0 Å². The first-order valence-electron chi connectivity index (χ1n) is 5.64. The molecule has 0 aliphatic rings. The summed E-state index contributed by atoms with van der Waals surface area (Å²) in [5, 5.41) is 13.5. The molecule has 0 aliphatic heterocycles. The minimum atomic E-state index is -0.325. The van der Waals surface area contributed by atoms with E-state index in [0.29, 0.717) is 5.75 Å². The molecular weight excluding hydrogens is 291 g/mol. The molecule has 0 radical (unpaired) electrons. The highest BCUT2D eigenvalue weighted by Crippen LogP contribution is 2.34. The molecule has 0 saturated heterocycles. The molecule has 0 aliphatic carbocycles. The van der Waals surface area contributed by atoms with Crippen molar-refractivity contribution in [3.8, 4) is 5.75 Å². The summed E-state index contributed by atoms with van der Waals surface area (Å²) in [6.07, 6.45) is 0. The van der Waals surface area contributed by atoms with E-state index in [0.717, 1.165) is 15.2 Å². The van der Waals surface area contributed by atoms with E-state index in [4.69, 9.17) is 9.68 Å². The van der Waals surface area contributed by atoms with Crippen molar-refractivity contribution in [2.45, 2.75) is 0 Å². The van der Waals surface area contributed by atoms with Gasteiger partial charge in [0.05, 0.1) is 4.47 Å². The summed E-state index contributed by atoms with van der Waals surface area (Å²) >= 11 is 3.45. The largest absolute Gasteiger partial charge is 0.538 e. The number of rotatable bonds is 2. The molecule has 3 aromatic rings. The second-order valence-electron chi connectivity index (χ2n) is 4.06. The maximum atomic E-state index is 8.89. The van der Waals surface area contributed by atoms with Crippen LogP contribution in [-0.4, -0.2) is 12.7 Å². The Morgan fingerprint density at radius 1 is 0.944 bits per heavy atom. The molecule has 4 heteroatoms. The zero-order valence-electron chi connectivity index (χ0n) is 9.56. The smallest absolute Gasteiger partial charge is 0.504 e. The molecule has 0 unspecified atom stereocenters. The van der Waals surface area contributed by atoms with Gasteiger partial charge in [0, 0.05) is 0 Å². The van der Waals surface area contributed by atoms with Gasteiger partial charge in [-0.3, -0.25) is 0 Å². The van der Waals surface area contributed by atoms with Crippen molar-refractivity contribution >= 4 is 45.2 Å². The highest BCUT2D eigenvalue weighted by Gasteiger charge is 2.06. The van der Waals surface area contributed by atoms with Gasteiger partial charge in [-0.25, -0.2) is 0 Å². The maximum absolute atomic E-state index is 8.89. The minimum Gasteiger partial charge on any atom is -0.538 e. The molecule has 88 valence electrons. The lowest BCUT2D eigenvalue weighted by atomic mass is 10.0. The number of fused-ring (bicyclic) bond motifs is 3. The topological polar surface area (TPSA) is 29.5 Å². The Bertz CT molecular complexity index is 727. The number of hydrogen-bond donors (Lipinski definition) is 1. The minimum absolute atomic E-state index is 0.325. The van der Waals surface area contributed by atoms with Crippen LogP contribution in [0.3, 0.4) is 0 Å². The summed E-state index contributed by atoms with van der Waals surface area (Å²) in [4.78, 5) is 0. The fourth-order valence-electron chi connectivity index (χ4n) is 2.19. The fourth-order valence-corrected chi connectivity index (χ4v) is 2.66. The zero-order chi connectivity index (χ0) is 12.5. The quantitative estimate of drug-likeness (QED) is 0.581. The standard InChI is InChI=1S/C14H10BBrO2/c16-13-7-10-6-5-9-3-1-2-4-11(9)12(10)8-14(13)18-15-17/h1-8,15,17H. The van der Waals surface area contributed by atoms with E-state index in [1.807, 2.05) is 24.3 Å². The average molecular weight is 301 g/mol. The zero-order valence-corrected chi connectivity index (χ0v) is 11.1. The van der Waals surface area contributed by atoms with Crippen molar-refractivity contribution in [1.29, 1.82) is 0 Å². The van der Waals surface area contributed by atoms with Gasteiger partial charge in [-0.1, -0.05) is 36.4 Å². The van der Waals surface area contributed by atoms with E-state index in [1.54, 1.807) is 0 Å². The Hall–Kier alpha value is -1.52.